The van der Waals surface area contributed by atoms with Gasteiger partial charge in [0.05, 0.1) is 27.3 Å². The Kier molecular flexibility index (Phi) is 8.74. The minimum absolute atomic E-state index is 0.0126. The molecule has 2 rings (SSSR count). The lowest BCUT2D eigenvalue weighted by Crippen LogP contribution is -2.46. The van der Waals surface area contributed by atoms with E-state index in [0.717, 1.165) is 24.9 Å². The number of guanidine groups is 1. The van der Waals surface area contributed by atoms with Gasteiger partial charge in [-0.25, -0.2) is 4.99 Å². The van der Waals surface area contributed by atoms with Crippen molar-refractivity contribution < 1.29 is 14.3 Å². The van der Waals surface area contributed by atoms with Gasteiger partial charge in [-0.1, -0.05) is 25.3 Å². The summed E-state index contributed by atoms with van der Waals surface area (Å²) in [7, 11) is 3.22. The van der Waals surface area contributed by atoms with E-state index in [1.807, 2.05) is 25.1 Å². The van der Waals surface area contributed by atoms with Crippen LogP contribution in [0, 0.1) is 0 Å². The summed E-state index contributed by atoms with van der Waals surface area (Å²) in [5.41, 5.74) is 0.997. The molecule has 0 aliphatic heterocycles. The van der Waals surface area contributed by atoms with E-state index in [1.54, 1.807) is 14.2 Å². The minimum Gasteiger partial charge on any atom is -0.493 e. The van der Waals surface area contributed by atoms with Gasteiger partial charge in [0.2, 0.25) is 5.91 Å². The highest BCUT2D eigenvalue weighted by Crippen LogP contribution is 2.27. The monoisotopic (exact) mass is 376 g/mol. The van der Waals surface area contributed by atoms with Crippen molar-refractivity contribution in [2.75, 3.05) is 27.3 Å². The fourth-order valence-electron chi connectivity index (χ4n) is 3.18. The fraction of sp³-hybridized carbons (Fsp3) is 0.600. The molecule has 1 amide bonds. The third-order valence-corrected chi connectivity index (χ3v) is 4.60. The number of carbonyl (C=O) groups is 1. The normalized spacial score (nSPS) is 15.1. The highest BCUT2D eigenvalue weighted by molar-refractivity contribution is 5.86. The first kappa shape index (κ1) is 20.9. The number of hydrogen-bond acceptors (Lipinski definition) is 4. The first-order chi connectivity index (χ1) is 13.2. The number of carbonyl (C=O) groups excluding carboxylic acids is 1. The number of rotatable bonds is 8. The van der Waals surface area contributed by atoms with Gasteiger partial charge in [0.25, 0.3) is 0 Å². The molecule has 1 aliphatic rings. The molecule has 1 fully saturated rings. The van der Waals surface area contributed by atoms with Gasteiger partial charge in [-0.05, 0) is 37.5 Å². The van der Waals surface area contributed by atoms with Gasteiger partial charge in [-0.15, -0.1) is 0 Å². The average Bonchev–Trinajstić information content (AvgIpc) is 2.70. The number of hydrogen-bond donors (Lipinski definition) is 3. The summed E-state index contributed by atoms with van der Waals surface area (Å²) < 4.78 is 10.6. The second kappa shape index (κ2) is 11.3. The minimum atomic E-state index is 0.0126. The predicted molar refractivity (Wildman–Crippen MR) is 107 cm³/mol. The third-order valence-electron chi connectivity index (χ3n) is 4.60. The highest BCUT2D eigenvalue weighted by atomic mass is 16.5. The van der Waals surface area contributed by atoms with Gasteiger partial charge in [0.1, 0.15) is 0 Å². The first-order valence-electron chi connectivity index (χ1n) is 9.68. The van der Waals surface area contributed by atoms with Crippen LogP contribution in [0.25, 0.3) is 0 Å². The van der Waals surface area contributed by atoms with Crippen molar-refractivity contribution in [3.63, 3.8) is 0 Å². The molecule has 0 aromatic heterocycles. The topological polar surface area (TPSA) is 84.0 Å². The van der Waals surface area contributed by atoms with Crippen molar-refractivity contribution in [3.05, 3.63) is 23.8 Å². The van der Waals surface area contributed by atoms with Crippen molar-refractivity contribution in [1.29, 1.82) is 0 Å². The van der Waals surface area contributed by atoms with Gasteiger partial charge in [-0.2, -0.15) is 0 Å². The van der Waals surface area contributed by atoms with Crippen LogP contribution in [0.4, 0.5) is 0 Å². The van der Waals surface area contributed by atoms with Crippen LogP contribution in [0.1, 0.15) is 44.6 Å². The van der Waals surface area contributed by atoms with Gasteiger partial charge >= 0.3 is 0 Å². The smallest absolute Gasteiger partial charge is 0.239 e. The van der Waals surface area contributed by atoms with Gasteiger partial charge in [0, 0.05) is 12.6 Å². The second-order valence-corrected chi connectivity index (χ2v) is 6.64. The van der Waals surface area contributed by atoms with Crippen molar-refractivity contribution in [1.82, 2.24) is 16.0 Å². The average molecular weight is 377 g/mol. The molecule has 7 nitrogen and oxygen atoms in total. The Balaban J connectivity index is 1.88. The number of ether oxygens (including phenoxy) is 2. The van der Waals surface area contributed by atoms with E-state index in [0.29, 0.717) is 30.0 Å². The molecule has 0 atom stereocenters. The molecule has 0 unspecified atom stereocenters. The molecule has 0 spiro atoms. The Morgan fingerprint density at radius 2 is 1.85 bits per heavy atom. The Bertz CT molecular complexity index is 628. The molecule has 0 heterocycles. The zero-order chi connectivity index (χ0) is 19.5. The highest BCUT2D eigenvalue weighted by Gasteiger charge is 2.15. The quantitative estimate of drug-likeness (QED) is 0.479. The Hall–Kier alpha value is -2.44. The van der Waals surface area contributed by atoms with Crippen molar-refractivity contribution in [2.24, 2.45) is 4.99 Å². The van der Waals surface area contributed by atoms with Crippen LogP contribution in [0.5, 0.6) is 11.5 Å². The molecule has 0 radical (unpaired) electrons. The number of nitrogens with zero attached hydrogens (tertiary/aromatic N) is 1. The maximum absolute atomic E-state index is 12.2. The Morgan fingerprint density at radius 1 is 1.11 bits per heavy atom. The van der Waals surface area contributed by atoms with E-state index in [2.05, 4.69) is 20.9 Å². The molecule has 1 saturated carbocycles. The van der Waals surface area contributed by atoms with Gasteiger partial charge in [-0.3, -0.25) is 4.79 Å². The van der Waals surface area contributed by atoms with Crippen LogP contribution in [-0.2, 0) is 11.3 Å². The Morgan fingerprint density at radius 3 is 2.52 bits per heavy atom. The predicted octanol–water partition coefficient (Wildman–Crippen LogP) is 2.21. The maximum atomic E-state index is 12.2. The molecule has 1 aliphatic carbocycles. The van der Waals surface area contributed by atoms with Crippen LogP contribution >= 0.6 is 0 Å². The summed E-state index contributed by atoms with van der Waals surface area (Å²) in [6.07, 6.45) is 5.85. The third kappa shape index (κ3) is 7.00. The standard InChI is InChI=1S/C20H32N4O3/c1-4-21-20(23-14-19(25)24-16-8-6-5-7-9-16)22-13-15-10-11-17(26-2)18(12-15)27-3/h10-12,16H,4-9,13-14H2,1-3H3,(H,24,25)(H2,21,22,23). The summed E-state index contributed by atoms with van der Waals surface area (Å²) in [4.78, 5) is 16.7. The molecular weight excluding hydrogens is 344 g/mol. The lowest BCUT2D eigenvalue weighted by molar-refractivity contribution is -0.120. The lowest BCUT2D eigenvalue weighted by Gasteiger charge is -2.23. The molecule has 1 aromatic carbocycles. The van der Waals surface area contributed by atoms with E-state index in [9.17, 15) is 4.79 Å². The van der Waals surface area contributed by atoms with E-state index in [1.165, 1.54) is 19.3 Å². The Labute approximate surface area is 161 Å². The van der Waals surface area contributed by atoms with Crippen LogP contribution in [0.3, 0.4) is 0 Å². The van der Waals surface area contributed by atoms with Crippen molar-refractivity contribution >= 4 is 11.9 Å². The molecule has 150 valence electrons. The molecular formula is C20H32N4O3. The van der Waals surface area contributed by atoms with Crippen LogP contribution < -0.4 is 25.4 Å². The van der Waals surface area contributed by atoms with Gasteiger partial charge in [0.15, 0.2) is 17.5 Å². The number of nitrogens with one attached hydrogen (secondary N) is 3. The molecule has 0 saturated heterocycles. The van der Waals surface area contributed by atoms with E-state index in [-0.39, 0.29) is 12.5 Å². The summed E-state index contributed by atoms with van der Waals surface area (Å²) >= 11 is 0. The largest absolute Gasteiger partial charge is 0.493 e. The second-order valence-electron chi connectivity index (χ2n) is 6.64. The summed E-state index contributed by atoms with van der Waals surface area (Å²) in [6.45, 7) is 3.41. The molecule has 1 aromatic rings. The van der Waals surface area contributed by atoms with Crippen molar-refractivity contribution in [2.45, 2.75) is 51.6 Å². The van der Waals surface area contributed by atoms with Crippen molar-refractivity contribution in [3.8, 4) is 11.5 Å². The molecule has 0 bridgehead atoms. The number of amides is 1. The molecule has 27 heavy (non-hydrogen) atoms. The number of benzene rings is 1. The SMILES string of the molecule is CCNC(=NCc1ccc(OC)c(OC)c1)NCC(=O)NC1CCCCC1. The fourth-order valence-corrected chi connectivity index (χ4v) is 3.18. The van der Waals surface area contributed by atoms with E-state index >= 15 is 0 Å². The molecule has 7 heteroatoms. The summed E-state index contributed by atoms with van der Waals surface area (Å²) in [5.74, 6) is 1.99. The summed E-state index contributed by atoms with van der Waals surface area (Å²) in [5, 5.41) is 9.37. The number of aliphatic imine (C=N–C) groups is 1. The summed E-state index contributed by atoms with van der Waals surface area (Å²) in [6, 6.07) is 6.03. The van der Waals surface area contributed by atoms with Crippen LogP contribution in [-0.4, -0.2) is 45.2 Å². The van der Waals surface area contributed by atoms with Crippen LogP contribution in [0.15, 0.2) is 23.2 Å². The first-order valence-corrected chi connectivity index (χ1v) is 9.68. The maximum Gasteiger partial charge on any atom is 0.239 e. The van der Waals surface area contributed by atoms with Gasteiger partial charge < -0.3 is 25.4 Å². The number of methoxy groups -OCH3 is 2. The van der Waals surface area contributed by atoms with E-state index < -0.39 is 0 Å². The van der Waals surface area contributed by atoms with Crippen LogP contribution in [0.2, 0.25) is 0 Å². The molecule has 3 N–H and O–H groups in total. The lowest BCUT2D eigenvalue weighted by atomic mass is 9.95. The van der Waals surface area contributed by atoms with E-state index in [4.69, 9.17) is 9.47 Å². The zero-order valence-electron chi connectivity index (χ0n) is 16.6. The zero-order valence-corrected chi connectivity index (χ0v) is 16.6.